The summed E-state index contributed by atoms with van der Waals surface area (Å²) in [7, 11) is 0. The maximum Gasteiger partial charge on any atom is 0.412 e. The number of hydrogen-bond donors (Lipinski definition) is 2. The van der Waals surface area contributed by atoms with Gasteiger partial charge in [0.05, 0.1) is 6.42 Å². The molecule has 0 radical (unpaired) electrons. The Labute approximate surface area is 106 Å². The Kier molecular flexibility index (Phi) is 5.17. The highest BCUT2D eigenvalue weighted by molar-refractivity contribution is 5.73. The molecule has 1 aromatic carbocycles. The Morgan fingerprint density at radius 3 is 2.39 bits per heavy atom. The topological polar surface area (TPSA) is 75.6 Å². The van der Waals surface area contributed by atoms with Gasteiger partial charge in [-0.2, -0.15) is 0 Å². The number of ether oxygens (including phenoxy) is 1. The molecule has 0 aliphatic carbocycles. The minimum atomic E-state index is -0.950. The number of benzene rings is 1. The van der Waals surface area contributed by atoms with E-state index in [9.17, 15) is 9.59 Å². The molecular weight excluding hydrogens is 234 g/mol. The summed E-state index contributed by atoms with van der Waals surface area (Å²) in [6.45, 7) is 3.69. The van der Waals surface area contributed by atoms with Gasteiger partial charge in [-0.05, 0) is 18.1 Å². The average Bonchev–Trinajstić information content (AvgIpc) is 2.28. The van der Waals surface area contributed by atoms with Crippen molar-refractivity contribution in [2.45, 2.75) is 26.3 Å². The number of aliphatic carboxylic acids is 1. The second-order valence-corrected chi connectivity index (χ2v) is 4.30. The lowest BCUT2D eigenvalue weighted by atomic mass is 10.0. The molecule has 18 heavy (non-hydrogen) atoms. The second-order valence-electron chi connectivity index (χ2n) is 4.30. The fourth-order valence-corrected chi connectivity index (χ4v) is 1.42. The van der Waals surface area contributed by atoms with Crippen molar-refractivity contribution in [2.24, 2.45) is 5.92 Å². The minimum Gasteiger partial charge on any atom is -0.481 e. The van der Waals surface area contributed by atoms with Crippen molar-refractivity contribution < 1.29 is 19.4 Å². The predicted octanol–water partition coefficient (Wildman–Crippen LogP) is 2.27. The van der Waals surface area contributed by atoms with Crippen molar-refractivity contribution in [1.82, 2.24) is 5.32 Å². The number of carbonyl (C=O) groups excluding carboxylic acids is 1. The first-order valence-electron chi connectivity index (χ1n) is 5.74. The van der Waals surface area contributed by atoms with E-state index >= 15 is 0 Å². The van der Waals surface area contributed by atoms with Crippen molar-refractivity contribution in [3.63, 3.8) is 0 Å². The summed E-state index contributed by atoms with van der Waals surface area (Å²) in [6.07, 6.45) is -0.761. The molecule has 0 saturated carbocycles. The molecule has 0 saturated heterocycles. The van der Waals surface area contributed by atoms with Crippen LogP contribution in [0.25, 0.3) is 0 Å². The van der Waals surface area contributed by atoms with Crippen LogP contribution < -0.4 is 10.1 Å². The van der Waals surface area contributed by atoms with Crippen LogP contribution in [0.5, 0.6) is 5.75 Å². The summed E-state index contributed by atoms with van der Waals surface area (Å²) in [5.74, 6) is -0.508. The number of amides is 1. The minimum absolute atomic E-state index is 0.0180. The smallest absolute Gasteiger partial charge is 0.412 e. The summed E-state index contributed by atoms with van der Waals surface area (Å²) in [5, 5.41) is 11.3. The molecule has 5 heteroatoms. The standard InChI is InChI=1S/C13H17NO4/c1-9(2)11(8-12(15)16)14-13(17)18-10-6-4-3-5-7-10/h3-7,9,11H,8H2,1-2H3,(H,14,17)(H,15,16). The summed E-state index contributed by atoms with van der Waals surface area (Å²) >= 11 is 0. The van der Waals surface area contributed by atoms with Gasteiger partial charge in [-0.1, -0.05) is 32.0 Å². The zero-order valence-corrected chi connectivity index (χ0v) is 10.4. The first kappa shape index (κ1) is 14.0. The van der Waals surface area contributed by atoms with Gasteiger partial charge in [0.25, 0.3) is 0 Å². The van der Waals surface area contributed by atoms with Gasteiger partial charge in [0.1, 0.15) is 5.75 Å². The number of rotatable bonds is 5. The highest BCUT2D eigenvalue weighted by Gasteiger charge is 2.20. The first-order valence-corrected chi connectivity index (χ1v) is 5.74. The van der Waals surface area contributed by atoms with Crippen LogP contribution >= 0.6 is 0 Å². The van der Waals surface area contributed by atoms with Gasteiger partial charge >= 0.3 is 12.1 Å². The highest BCUT2D eigenvalue weighted by atomic mass is 16.6. The van der Waals surface area contributed by atoms with Crippen molar-refractivity contribution in [1.29, 1.82) is 0 Å². The van der Waals surface area contributed by atoms with Crippen LogP contribution in [-0.2, 0) is 4.79 Å². The fraction of sp³-hybridized carbons (Fsp3) is 0.385. The van der Waals surface area contributed by atoms with Crippen LogP contribution in [0.2, 0.25) is 0 Å². The largest absolute Gasteiger partial charge is 0.481 e. The number of nitrogens with one attached hydrogen (secondary N) is 1. The fourth-order valence-electron chi connectivity index (χ4n) is 1.42. The monoisotopic (exact) mass is 251 g/mol. The SMILES string of the molecule is CC(C)C(CC(=O)O)NC(=O)Oc1ccccc1. The molecule has 5 nitrogen and oxygen atoms in total. The van der Waals surface area contributed by atoms with E-state index in [2.05, 4.69) is 5.32 Å². The molecule has 1 rings (SSSR count). The lowest BCUT2D eigenvalue weighted by Crippen LogP contribution is -2.41. The number of carbonyl (C=O) groups is 2. The van der Waals surface area contributed by atoms with Gasteiger partial charge in [-0.25, -0.2) is 4.79 Å². The molecule has 1 amide bonds. The van der Waals surface area contributed by atoms with E-state index in [-0.39, 0.29) is 12.3 Å². The molecule has 0 aliphatic rings. The molecule has 0 spiro atoms. The van der Waals surface area contributed by atoms with Gasteiger partial charge in [0.15, 0.2) is 0 Å². The molecule has 0 aliphatic heterocycles. The Balaban J connectivity index is 2.54. The summed E-state index contributed by atoms with van der Waals surface area (Å²) in [5.41, 5.74) is 0. The van der Waals surface area contributed by atoms with Crippen LogP contribution in [0.4, 0.5) is 4.79 Å². The molecule has 1 aromatic rings. The normalized spacial score (nSPS) is 11.9. The number of carboxylic acids is 1. The van der Waals surface area contributed by atoms with Gasteiger partial charge < -0.3 is 15.2 Å². The van der Waals surface area contributed by atoms with Gasteiger partial charge in [0.2, 0.25) is 0 Å². The van der Waals surface area contributed by atoms with Gasteiger partial charge in [-0.3, -0.25) is 4.79 Å². The van der Waals surface area contributed by atoms with E-state index < -0.39 is 18.1 Å². The summed E-state index contributed by atoms with van der Waals surface area (Å²) < 4.78 is 5.03. The number of carboxylic acid groups (broad SMARTS) is 1. The van der Waals surface area contributed by atoms with E-state index in [4.69, 9.17) is 9.84 Å². The van der Waals surface area contributed by atoms with Gasteiger partial charge in [-0.15, -0.1) is 0 Å². The third-order valence-electron chi connectivity index (χ3n) is 2.46. The van der Waals surface area contributed by atoms with Crippen LogP contribution in [0.3, 0.4) is 0 Å². The van der Waals surface area contributed by atoms with E-state index in [0.29, 0.717) is 5.75 Å². The first-order chi connectivity index (χ1) is 8.49. The molecule has 2 N–H and O–H groups in total. The maximum absolute atomic E-state index is 11.6. The second kappa shape index (κ2) is 6.64. The molecule has 0 fully saturated rings. The molecule has 1 atom stereocenters. The van der Waals surface area contributed by atoms with E-state index in [1.807, 2.05) is 19.9 Å². The third kappa shape index (κ3) is 4.86. The van der Waals surface area contributed by atoms with Crippen LogP contribution in [0.1, 0.15) is 20.3 Å². The summed E-state index contributed by atoms with van der Waals surface area (Å²) in [6, 6.07) is 8.17. The lowest BCUT2D eigenvalue weighted by molar-refractivity contribution is -0.137. The Morgan fingerprint density at radius 2 is 1.89 bits per heavy atom. The average molecular weight is 251 g/mol. The predicted molar refractivity (Wildman–Crippen MR) is 66.5 cm³/mol. The van der Waals surface area contributed by atoms with Crippen LogP contribution in [0, 0.1) is 5.92 Å². The Hall–Kier alpha value is -2.04. The summed E-state index contributed by atoms with van der Waals surface area (Å²) in [4.78, 5) is 22.2. The number of hydrogen-bond acceptors (Lipinski definition) is 3. The van der Waals surface area contributed by atoms with Crippen molar-refractivity contribution in [2.75, 3.05) is 0 Å². The van der Waals surface area contributed by atoms with E-state index in [1.54, 1.807) is 24.3 Å². The number of para-hydroxylation sites is 1. The molecule has 1 unspecified atom stereocenters. The van der Waals surface area contributed by atoms with Crippen LogP contribution in [0.15, 0.2) is 30.3 Å². The molecular formula is C13H17NO4. The Morgan fingerprint density at radius 1 is 1.28 bits per heavy atom. The third-order valence-corrected chi connectivity index (χ3v) is 2.46. The van der Waals surface area contributed by atoms with Crippen molar-refractivity contribution in [3.05, 3.63) is 30.3 Å². The molecule has 0 bridgehead atoms. The maximum atomic E-state index is 11.6. The van der Waals surface area contributed by atoms with Crippen molar-refractivity contribution in [3.8, 4) is 5.75 Å². The molecule has 98 valence electrons. The zero-order valence-electron chi connectivity index (χ0n) is 10.4. The molecule has 0 heterocycles. The van der Waals surface area contributed by atoms with Crippen molar-refractivity contribution >= 4 is 12.1 Å². The van der Waals surface area contributed by atoms with E-state index in [0.717, 1.165) is 0 Å². The molecule has 0 aromatic heterocycles. The zero-order chi connectivity index (χ0) is 13.5. The lowest BCUT2D eigenvalue weighted by Gasteiger charge is -2.20. The highest BCUT2D eigenvalue weighted by Crippen LogP contribution is 2.10. The van der Waals surface area contributed by atoms with Gasteiger partial charge in [0, 0.05) is 6.04 Å². The van der Waals surface area contributed by atoms with E-state index in [1.165, 1.54) is 0 Å². The Bertz CT molecular complexity index is 403. The van der Waals surface area contributed by atoms with Crippen LogP contribution in [-0.4, -0.2) is 23.2 Å². The quantitative estimate of drug-likeness (QED) is 0.841.